The van der Waals surface area contributed by atoms with E-state index in [1.165, 1.54) is 6.26 Å². The zero-order chi connectivity index (χ0) is 21.1. The summed E-state index contributed by atoms with van der Waals surface area (Å²) in [6.45, 7) is 5.32. The highest BCUT2D eigenvalue weighted by Gasteiger charge is 2.39. The number of oxazole rings is 1. The van der Waals surface area contributed by atoms with Crippen LogP contribution in [0.4, 0.5) is 0 Å². The topological polar surface area (TPSA) is 92.7 Å². The Bertz CT molecular complexity index is 1020. The van der Waals surface area contributed by atoms with Gasteiger partial charge in [0, 0.05) is 0 Å². The van der Waals surface area contributed by atoms with Gasteiger partial charge in [0.1, 0.15) is 11.5 Å². The lowest BCUT2D eigenvalue weighted by Gasteiger charge is -2.22. The number of allylic oxidation sites excluding steroid dienone is 1. The number of nitrogens with zero attached hydrogens (tertiary/aromatic N) is 4. The van der Waals surface area contributed by atoms with Crippen LogP contribution in [-0.4, -0.2) is 39.8 Å². The molecule has 8 heteroatoms. The van der Waals surface area contributed by atoms with Gasteiger partial charge >= 0.3 is 0 Å². The third kappa shape index (κ3) is 3.94. The number of methoxy groups -OCH3 is 1. The van der Waals surface area contributed by atoms with Crippen molar-refractivity contribution in [3.05, 3.63) is 66.3 Å². The minimum Gasteiger partial charge on any atom is -0.501 e. The second kappa shape index (κ2) is 8.44. The summed E-state index contributed by atoms with van der Waals surface area (Å²) in [7, 11) is 1.57. The lowest BCUT2D eigenvalue weighted by Crippen LogP contribution is -2.32. The lowest BCUT2D eigenvalue weighted by molar-refractivity contribution is 0.291. The summed E-state index contributed by atoms with van der Waals surface area (Å²) in [6, 6.07) is 9.51. The molecule has 0 radical (unpaired) electrons. The van der Waals surface area contributed by atoms with Crippen molar-refractivity contribution >= 4 is 11.5 Å². The number of aromatic nitrogens is 1. The summed E-state index contributed by atoms with van der Waals surface area (Å²) in [5.41, 5.74) is 1.08. The van der Waals surface area contributed by atoms with E-state index in [4.69, 9.17) is 19.0 Å². The van der Waals surface area contributed by atoms with Gasteiger partial charge < -0.3 is 19.0 Å². The average Bonchev–Trinajstić information content (AvgIpc) is 3.47. The van der Waals surface area contributed by atoms with Crippen molar-refractivity contribution in [2.75, 3.05) is 7.11 Å². The average molecular weight is 408 g/mol. The number of benzene rings is 1. The van der Waals surface area contributed by atoms with E-state index in [-0.39, 0.29) is 17.8 Å². The van der Waals surface area contributed by atoms with E-state index in [9.17, 15) is 5.11 Å². The van der Waals surface area contributed by atoms with Gasteiger partial charge in [0.15, 0.2) is 17.8 Å². The van der Waals surface area contributed by atoms with Crippen molar-refractivity contribution in [3.63, 3.8) is 0 Å². The normalized spacial score (nSPS) is 19.9. The maximum Gasteiger partial charge on any atom is 0.258 e. The number of amidine groups is 1. The van der Waals surface area contributed by atoms with Crippen molar-refractivity contribution in [3.8, 4) is 11.6 Å². The molecule has 2 heterocycles. The van der Waals surface area contributed by atoms with Gasteiger partial charge in [0.2, 0.25) is 5.88 Å². The van der Waals surface area contributed by atoms with Gasteiger partial charge in [-0.2, -0.15) is 15.1 Å². The Kier molecular flexibility index (Phi) is 5.56. The minimum atomic E-state index is -0.300. The number of ether oxygens (including phenoxy) is 2. The summed E-state index contributed by atoms with van der Waals surface area (Å²) >= 11 is 0. The molecule has 2 aliphatic rings. The third-order valence-corrected chi connectivity index (χ3v) is 5.10. The molecule has 156 valence electrons. The molecule has 1 saturated carbocycles. The number of hydrazone groups is 1. The maximum atomic E-state index is 9.79. The second-order valence-corrected chi connectivity index (χ2v) is 7.12. The molecule has 0 bridgehead atoms. The molecule has 1 aromatic carbocycles. The van der Waals surface area contributed by atoms with Gasteiger partial charge in [0.05, 0.1) is 18.7 Å². The zero-order valence-corrected chi connectivity index (χ0v) is 17.0. The second-order valence-electron chi connectivity index (χ2n) is 7.12. The minimum absolute atomic E-state index is 0.176. The maximum absolute atomic E-state index is 9.79. The first-order chi connectivity index (χ1) is 14.6. The molecular weight excluding hydrogens is 384 g/mol. The molecule has 1 aliphatic carbocycles. The number of aliphatic hydroxyl groups excluding tert-OH is 1. The van der Waals surface area contributed by atoms with Gasteiger partial charge in [-0.1, -0.05) is 31.0 Å². The smallest absolute Gasteiger partial charge is 0.258 e. The molecule has 30 heavy (non-hydrogen) atoms. The van der Waals surface area contributed by atoms with Crippen molar-refractivity contribution in [2.24, 2.45) is 10.1 Å². The van der Waals surface area contributed by atoms with Gasteiger partial charge in [0.25, 0.3) is 11.8 Å². The number of hydrogen-bond acceptors (Lipinski definition) is 7. The first kappa shape index (κ1) is 19.8. The highest BCUT2D eigenvalue weighted by molar-refractivity contribution is 6.31. The van der Waals surface area contributed by atoms with Crippen LogP contribution in [0, 0.1) is 0 Å². The predicted octanol–water partition coefficient (Wildman–Crippen LogP) is 4.78. The van der Waals surface area contributed by atoms with E-state index in [0.717, 1.165) is 25.7 Å². The fourth-order valence-electron chi connectivity index (χ4n) is 3.66. The van der Waals surface area contributed by atoms with Crippen LogP contribution >= 0.6 is 0 Å². The molecule has 1 aliphatic heterocycles. The Labute approximate surface area is 174 Å². The number of aliphatic hydroxyl groups is 1. The lowest BCUT2D eigenvalue weighted by atomic mass is 10.1. The van der Waals surface area contributed by atoms with Crippen LogP contribution in [0.15, 0.2) is 74.9 Å². The van der Waals surface area contributed by atoms with Crippen LogP contribution in [0.2, 0.25) is 0 Å². The van der Waals surface area contributed by atoms with Crippen LogP contribution in [0.3, 0.4) is 0 Å². The molecule has 0 unspecified atom stereocenters. The summed E-state index contributed by atoms with van der Waals surface area (Å²) in [5, 5.41) is 16.4. The van der Waals surface area contributed by atoms with Crippen molar-refractivity contribution < 1.29 is 19.0 Å². The van der Waals surface area contributed by atoms with E-state index in [2.05, 4.69) is 16.6 Å². The van der Waals surface area contributed by atoms with Crippen LogP contribution < -0.4 is 4.74 Å². The monoisotopic (exact) mass is 408 g/mol. The van der Waals surface area contributed by atoms with Crippen molar-refractivity contribution in [1.29, 1.82) is 0 Å². The highest BCUT2D eigenvalue weighted by Crippen LogP contribution is 2.33. The summed E-state index contributed by atoms with van der Waals surface area (Å²) < 4.78 is 16.9. The number of rotatable bonds is 6. The van der Waals surface area contributed by atoms with Crippen LogP contribution in [-0.2, 0) is 4.74 Å². The molecule has 1 aromatic heterocycles. The molecule has 0 saturated heterocycles. The number of hydrogen-bond donors (Lipinski definition) is 1. The van der Waals surface area contributed by atoms with Crippen LogP contribution in [0.25, 0.3) is 0 Å². The molecule has 1 N–H and O–H groups in total. The molecule has 2 aromatic rings. The Morgan fingerprint density at radius 1 is 1.27 bits per heavy atom. The van der Waals surface area contributed by atoms with Crippen molar-refractivity contribution in [2.45, 2.75) is 38.6 Å². The SMILES string of the molecule is C=C(O)/N=C1\C(=C(/C)OC)C(c2nc(Oc3ccccc3)co2)=NN1C1CCCC1. The molecule has 0 amide bonds. The van der Waals surface area contributed by atoms with Crippen LogP contribution in [0.5, 0.6) is 11.6 Å². The van der Waals surface area contributed by atoms with Crippen molar-refractivity contribution in [1.82, 2.24) is 9.99 Å². The van der Waals surface area contributed by atoms with E-state index < -0.39 is 0 Å². The van der Waals surface area contributed by atoms with E-state index >= 15 is 0 Å². The molecule has 0 spiro atoms. The quantitative estimate of drug-likeness (QED) is 0.692. The first-order valence-electron chi connectivity index (χ1n) is 9.85. The highest BCUT2D eigenvalue weighted by atomic mass is 16.5. The Hall–Kier alpha value is -3.55. The predicted molar refractivity (Wildman–Crippen MR) is 113 cm³/mol. The molecule has 0 atom stereocenters. The molecule has 1 fully saturated rings. The van der Waals surface area contributed by atoms with E-state index in [0.29, 0.717) is 34.5 Å². The first-order valence-corrected chi connectivity index (χ1v) is 9.85. The van der Waals surface area contributed by atoms with Crippen LogP contribution in [0.1, 0.15) is 38.5 Å². The fourth-order valence-corrected chi connectivity index (χ4v) is 3.66. The Morgan fingerprint density at radius 2 is 2.00 bits per heavy atom. The molecular formula is C22H24N4O4. The van der Waals surface area contributed by atoms with Gasteiger partial charge in [-0.25, -0.2) is 5.01 Å². The third-order valence-electron chi connectivity index (χ3n) is 5.10. The summed E-state index contributed by atoms with van der Waals surface area (Å²) in [5.74, 6) is 2.01. The number of aliphatic imine (C=N–C) groups is 1. The largest absolute Gasteiger partial charge is 0.501 e. The Balaban J connectivity index is 1.73. The summed E-state index contributed by atoms with van der Waals surface area (Å²) in [4.78, 5) is 8.71. The Morgan fingerprint density at radius 3 is 2.67 bits per heavy atom. The molecule has 4 rings (SSSR count). The zero-order valence-electron chi connectivity index (χ0n) is 17.0. The van der Waals surface area contributed by atoms with E-state index in [1.807, 2.05) is 42.3 Å². The molecule has 8 nitrogen and oxygen atoms in total. The van der Waals surface area contributed by atoms with Gasteiger partial charge in [-0.3, -0.25) is 0 Å². The van der Waals surface area contributed by atoms with E-state index in [1.54, 1.807) is 7.11 Å². The fraction of sp³-hybridized carbons (Fsp3) is 0.318. The summed E-state index contributed by atoms with van der Waals surface area (Å²) in [6.07, 6.45) is 5.65. The number of para-hydroxylation sites is 1. The van der Waals surface area contributed by atoms with Gasteiger partial charge in [-0.15, -0.1) is 0 Å². The standard InChI is InChI=1S/C22H24N4O4/c1-14(28-3)19-20(22-24-18(13-29-22)30-17-11-5-4-6-12-17)25-26(16-9-7-8-10-16)21(19)23-15(2)27/h4-6,11-13,16,27H,2,7-10H2,1,3H3/b19-14+,23-21+. The van der Waals surface area contributed by atoms with Gasteiger partial charge in [-0.05, 0) is 38.5 Å².